The van der Waals surface area contributed by atoms with Gasteiger partial charge in [0.1, 0.15) is 29.0 Å². The molecule has 0 unspecified atom stereocenters. The van der Waals surface area contributed by atoms with Gasteiger partial charge < -0.3 is 15.3 Å². The first-order valence-electron chi connectivity index (χ1n) is 38.1. The zero-order valence-electron chi connectivity index (χ0n) is 68.0. The van der Waals surface area contributed by atoms with E-state index in [4.69, 9.17) is 67.5 Å². The molecule has 0 fully saturated rings. The Morgan fingerprint density at radius 2 is 0.655 bits per heavy atom. The molecule has 4 heterocycles. The molecule has 14 aromatic rings. The molecule has 18 heteroatoms. The SMILES string of the molecule is CC(=O)O.CC(C)(C)c1cc(-c2cc(-c3cccc(N(c4ccccn4)c4ccccc4-c4ccccc4)n3)[c-]c(-c3ccccc3O)c2)cc(C(C)(C)C)c1.CC(C)(C)c1cc(-c2cc(-c3cccc(N(c4ccccn4)c4ccccc4-c4ccccc4)n3)cc(-c3ccccc3O)c2)cc(C(C)(C)C)c1.[Cl][Pt]([Cl])([Cl])[Cl].[K][K].[Pt]. The Morgan fingerprint density at radius 3 is 1.05 bits per heavy atom. The van der Waals surface area contributed by atoms with Gasteiger partial charge >= 0.3 is 113 Å². The number of phenols is 2. The summed E-state index contributed by atoms with van der Waals surface area (Å²) in [5.41, 5.74) is 22.2. The number of aromatic hydroxyl groups is 2. The number of hydrogen-bond acceptors (Lipinski definition) is 9. The number of nitrogens with zero attached hydrogens (tertiary/aromatic N) is 6. The summed E-state index contributed by atoms with van der Waals surface area (Å²) in [5.74, 6) is 2.63. The van der Waals surface area contributed by atoms with E-state index in [1.165, 1.54) is 85.4 Å². The molecular formula is C98H93Cl4K2N6O4Pt2-. The van der Waals surface area contributed by atoms with Crippen LogP contribution < -0.4 is 9.80 Å². The quantitative estimate of drug-likeness (QED) is 0.0713. The first-order chi connectivity index (χ1) is 54.6. The molecule has 0 aliphatic heterocycles. The molecule has 0 amide bonds. The van der Waals surface area contributed by atoms with Crippen LogP contribution in [0.4, 0.5) is 34.6 Å². The molecule has 0 aliphatic carbocycles. The van der Waals surface area contributed by atoms with Crippen molar-refractivity contribution in [1.82, 2.24) is 19.9 Å². The van der Waals surface area contributed by atoms with Gasteiger partial charge in [0, 0.05) is 68.3 Å². The van der Waals surface area contributed by atoms with Gasteiger partial charge in [-0.15, -0.1) is 23.8 Å². The molecule has 10 nitrogen and oxygen atoms in total. The molecular weight excluding hydrogens is 1940 g/mol. The topological polar surface area (TPSA) is 136 Å². The standard InChI is InChI=1S/C48H45N3O.C48H44N3O.C2H4O2.4ClH.2K.2Pt/c2*1-47(2,3)38-30-35(31-39(32-38)48(4,5)6)34-27-36(41-20-11-13-23-44(41)52)29-37(28-34)42-21-16-25-46(50-42)51(45-24-14-15-26-49-45)43-22-12-10-19-40(43)33-17-8-7-9-18-33;1-2(3)4;;;;;;;;/h7-32,52H,1-6H3;7-28,30-32,52H,1-6H3;1H3,(H,3,4);4*1H;;;;/q;-1;;;;;;;;;+4/p-4. The monoisotopic (exact) mass is 2030 g/mol. The van der Waals surface area contributed by atoms with Crippen molar-refractivity contribution in [3.8, 4) is 101 Å². The third-order valence-corrected chi connectivity index (χ3v) is 18.9. The van der Waals surface area contributed by atoms with E-state index in [0.29, 0.717) is 0 Å². The van der Waals surface area contributed by atoms with Crippen molar-refractivity contribution in [2.45, 2.75) is 112 Å². The predicted octanol–water partition coefficient (Wildman–Crippen LogP) is 27.7. The van der Waals surface area contributed by atoms with E-state index in [1.54, 1.807) is 12.1 Å². The van der Waals surface area contributed by atoms with Gasteiger partial charge in [0.15, 0.2) is 0 Å². The second-order valence-corrected chi connectivity index (χ2v) is 51.2. The predicted molar refractivity (Wildman–Crippen MR) is 482 cm³/mol. The maximum absolute atomic E-state index is 11.0. The van der Waals surface area contributed by atoms with Crippen LogP contribution in [0.15, 0.2) is 310 Å². The third kappa shape index (κ3) is 25.7. The van der Waals surface area contributed by atoms with Crippen LogP contribution in [0.2, 0.25) is 0 Å². The summed E-state index contributed by atoms with van der Waals surface area (Å²) in [7, 11) is 20.0. The normalized spacial score (nSPS) is 11.5. The molecule has 14 rings (SSSR count). The Morgan fingerprint density at radius 1 is 0.345 bits per heavy atom. The van der Waals surface area contributed by atoms with Gasteiger partial charge in [-0.1, -0.05) is 294 Å². The zero-order chi connectivity index (χ0) is 83.0. The van der Waals surface area contributed by atoms with E-state index in [1.807, 2.05) is 122 Å². The molecule has 0 bridgehead atoms. The van der Waals surface area contributed by atoms with Crippen molar-refractivity contribution in [3.63, 3.8) is 0 Å². The van der Waals surface area contributed by atoms with Crippen molar-refractivity contribution >= 4 is 141 Å². The number of pyridine rings is 4. The molecule has 10 aromatic carbocycles. The molecule has 0 saturated carbocycles. The van der Waals surface area contributed by atoms with Crippen molar-refractivity contribution < 1.29 is 53.1 Å². The van der Waals surface area contributed by atoms with Crippen LogP contribution in [0.1, 0.15) is 112 Å². The Labute approximate surface area is 763 Å². The van der Waals surface area contributed by atoms with Crippen LogP contribution in [-0.2, 0) is 59.4 Å². The number of hydrogen-bond donors (Lipinski definition) is 3. The van der Waals surface area contributed by atoms with E-state index in [0.717, 1.165) is 131 Å². The van der Waals surface area contributed by atoms with Crippen LogP contribution in [0, 0.1) is 6.07 Å². The third-order valence-electron chi connectivity index (χ3n) is 18.9. The number of carboxylic acids is 1. The number of anilines is 6. The van der Waals surface area contributed by atoms with Gasteiger partial charge in [-0.2, -0.15) is 0 Å². The van der Waals surface area contributed by atoms with Gasteiger partial charge in [0.25, 0.3) is 5.97 Å². The Balaban J connectivity index is 0.000000234. The van der Waals surface area contributed by atoms with Gasteiger partial charge in [-0.05, 0) is 168 Å². The molecule has 4 aromatic heterocycles. The smallest absolute Gasteiger partial charge is 0 e. The van der Waals surface area contributed by atoms with Crippen LogP contribution >= 0.6 is 37.7 Å². The van der Waals surface area contributed by atoms with Crippen molar-refractivity contribution in [2.75, 3.05) is 9.80 Å². The minimum absolute atomic E-state index is 0. The molecule has 0 radical (unpaired) electrons. The largest absolute Gasteiger partial charge is 0 e. The van der Waals surface area contributed by atoms with Crippen molar-refractivity contribution in [2.24, 2.45) is 0 Å². The summed E-state index contributed by atoms with van der Waals surface area (Å²) in [6.45, 7) is 28.2. The molecule has 3 N–H and O–H groups in total. The molecule has 116 heavy (non-hydrogen) atoms. The van der Waals surface area contributed by atoms with E-state index >= 15 is 0 Å². The molecule has 0 atom stereocenters. The van der Waals surface area contributed by atoms with Gasteiger partial charge in [-0.25, -0.2) is 15.0 Å². The summed E-state index contributed by atoms with van der Waals surface area (Å²) in [4.78, 5) is 33.5. The second-order valence-electron chi connectivity index (χ2n) is 31.5. The van der Waals surface area contributed by atoms with E-state index in [9.17, 15) is 10.2 Å². The number of aliphatic carboxylic acids is 1. The van der Waals surface area contributed by atoms with Gasteiger partial charge in [0.2, 0.25) is 0 Å². The minimum atomic E-state index is -3.06. The maximum atomic E-state index is 11.0. The second kappa shape index (κ2) is 42.0. The van der Waals surface area contributed by atoms with E-state index in [2.05, 4.69) is 275 Å². The Bertz CT molecular complexity index is 5220. The first kappa shape index (κ1) is 93.2. The van der Waals surface area contributed by atoms with Crippen molar-refractivity contribution in [3.05, 3.63) is 338 Å². The molecule has 0 spiro atoms. The minimum Gasteiger partial charge on any atom is 0 e. The number of carboxylic acid groups (broad SMARTS) is 1. The first-order valence-corrected chi connectivity index (χ1v) is 65.4. The van der Waals surface area contributed by atoms with Crippen LogP contribution in [0.25, 0.3) is 89.3 Å². The number of rotatable bonds is 14. The van der Waals surface area contributed by atoms with E-state index < -0.39 is 17.9 Å². The number of phenolic OH excluding ortho intramolecular Hbond substituents is 2. The van der Waals surface area contributed by atoms with Crippen LogP contribution in [0.3, 0.4) is 0 Å². The number of halogens is 4. The number of benzene rings is 10. The summed E-state index contributed by atoms with van der Waals surface area (Å²) in [6.07, 6.45) is 3.63. The molecule has 0 saturated heterocycles. The van der Waals surface area contributed by atoms with Crippen molar-refractivity contribution in [1.29, 1.82) is 0 Å². The summed E-state index contributed by atoms with van der Waals surface area (Å²) < 4.78 is 0. The summed E-state index contributed by atoms with van der Waals surface area (Å²) in [6, 6.07) is 105. The summed E-state index contributed by atoms with van der Waals surface area (Å²) in [5, 5.41) is 29.5. The van der Waals surface area contributed by atoms with Gasteiger partial charge in [-0.3, -0.25) is 19.6 Å². The fraction of sp³-hybridized carbons (Fsp3) is 0.173. The number of carbonyl (C=O) groups is 1. The average molecular weight is 2030 g/mol. The zero-order valence-corrected chi connectivity index (χ0v) is 81.8. The number of aromatic nitrogens is 4. The molecule has 590 valence electrons. The Kier molecular flexibility index (Phi) is 33.7. The Hall–Kier alpha value is -6.72. The van der Waals surface area contributed by atoms with Crippen LogP contribution in [-0.4, -0.2) is 104 Å². The van der Waals surface area contributed by atoms with E-state index in [-0.39, 0.29) is 54.2 Å². The summed E-state index contributed by atoms with van der Waals surface area (Å²) >= 11 is -0.556. The fourth-order valence-corrected chi connectivity index (χ4v) is 13.0. The average Bonchev–Trinajstić information content (AvgIpc) is 0.787. The maximum Gasteiger partial charge on any atom is 0 e. The van der Waals surface area contributed by atoms with Gasteiger partial charge in [0.05, 0.1) is 22.8 Å². The number of para-hydroxylation sites is 4. The molecule has 0 aliphatic rings. The fourth-order valence-electron chi connectivity index (χ4n) is 13.0. The van der Waals surface area contributed by atoms with Crippen LogP contribution in [0.5, 0.6) is 11.5 Å².